The van der Waals surface area contributed by atoms with Gasteiger partial charge in [0.1, 0.15) is 11.0 Å². The van der Waals surface area contributed by atoms with E-state index in [2.05, 4.69) is 36.2 Å². The molecular formula is C17H19ClN2. The Morgan fingerprint density at radius 3 is 2.75 bits per heavy atom. The molecule has 1 aromatic heterocycles. The van der Waals surface area contributed by atoms with Gasteiger partial charge in [0, 0.05) is 17.0 Å². The van der Waals surface area contributed by atoms with Gasteiger partial charge in [0.25, 0.3) is 0 Å². The minimum atomic E-state index is 0.519. The summed E-state index contributed by atoms with van der Waals surface area (Å²) in [6, 6.07) is 8.62. The van der Waals surface area contributed by atoms with Crippen molar-refractivity contribution < 1.29 is 0 Å². The molecule has 0 unspecified atom stereocenters. The SMILES string of the molecule is CCCc1cccc(-c2nc(C3CC3)nc(Cl)c2C)c1. The van der Waals surface area contributed by atoms with Gasteiger partial charge < -0.3 is 0 Å². The lowest BCUT2D eigenvalue weighted by Gasteiger charge is -2.10. The lowest BCUT2D eigenvalue weighted by molar-refractivity contribution is 0.915. The molecule has 0 amide bonds. The van der Waals surface area contributed by atoms with Gasteiger partial charge in [-0.2, -0.15) is 0 Å². The van der Waals surface area contributed by atoms with E-state index < -0.39 is 0 Å². The van der Waals surface area contributed by atoms with Crippen LogP contribution in [-0.2, 0) is 6.42 Å². The van der Waals surface area contributed by atoms with Crippen LogP contribution < -0.4 is 0 Å². The third-order valence-electron chi connectivity index (χ3n) is 3.79. The number of halogens is 1. The summed E-state index contributed by atoms with van der Waals surface area (Å²) in [6.07, 6.45) is 4.63. The third kappa shape index (κ3) is 2.71. The van der Waals surface area contributed by atoms with Gasteiger partial charge in [-0.15, -0.1) is 0 Å². The molecule has 1 fully saturated rings. The van der Waals surface area contributed by atoms with Crippen molar-refractivity contribution in [3.05, 3.63) is 46.4 Å². The first kappa shape index (κ1) is 13.6. The first-order valence-corrected chi connectivity index (χ1v) is 7.70. The zero-order chi connectivity index (χ0) is 14.1. The molecule has 2 aromatic rings. The van der Waals surface area contributed by atoms with Crippen LogP contribution in [0.4, 0.5) is 0 Å². The van der Waals surface area contributed by atoms with Crippen molar-refractivity contribution in [2.75, 3.05) is 0 Å². The highest BCUT2D eigenvalue weighted by Gasteiger charge is 2.28. The maximum absolute atomic E-state index is 6.29. The van der Waals surface area contributed by atoms with E-state index in [0.717, 1.165) is 35.5 Å². The lowest BCUT2D eigenvalue weighted by Crippen LogP contribution is -1.99. The number of aromatic nitrogens is 2. The van der Waals surface area contributed by atoms with Crippen LogP contribution in [0.3, 0.4) is 0 Å². The second kappa shape index (κ2) is 5.53. The van der Waals surface area contributed by atoms with Gasteiger partial charge in [0.05, 0.1) is 5.69 Å². The molecule has 1 aliphatic rings. The molecule has 0 aliphatic heterocycles. The van der Waals surface area contributed by atoms with Crippen LogP contribution in [0.1, 0.15) is 49.1 Å². The van der Waals surface area contributed by atoms with Gasteiger partial charge in [0.15, 0.2) is 0 Å². The van der Waals surface area contributed by atoms with Crippen LogP contribution in [0.2, 0.25) is 5.15 Å². The zero-order valence-corrected chi connectivity index (χ0v) is 12.7. The minimum absolute atomic E-state index is 0.519. The van der Waals surface area contributed by atoms with Crippen LogP contribution in [0, 0.1) is 6.92 Å². The Labute approximate surface area is 125 Å². The van der Waals surface area contributed by atoms with Crippen molar-refractivity contribution in [2.45, 2.75) is 45.4 Å². The fourth-order valence-corrected chi connectivity index (χ4v) is 2.65. The summed E-state index contributed by atoms with van der Waals surface area (Å²) in [6.45, 7) is 4.20. The van der Waals surface area contributed by atoms with Gasteiger partial charge in [0.2, 0.25) is 0 Å². The molecular weight excluding hydrogens is 268 g/mol. The molecule has 3 rings (SSSR count). The highest BCUT2D eigenvalue weighted by molar-refractivity contribution is 6.30. The molecule has 0 N–H and O–H groups in total. The van der Waals surface area contributed by atoms with E-state index in [1.807, 2.05) is 6.92 Å². The Morgan fingerprint density at radius 1 is 1.25 bits per heavy atom. The van der Waals surface area contributed by atoms with Gasteiger partial charge in [-0.05, 0) is 37.8 Å². The summed E-state index contributed by atoms with van der Waals surface area (Å²) in [5.74, 6) is 1.43. The van der Waals surface area contributed by atoms with Crippen molar-refractivity contribution >= 4 is 11.6 Å². The number of hydrogen-bond acceptors (Lipinski definition) is 2. The van der Waals surface area contributed by atoms with Crippen molar-refractivity contribution in [1.29, 1.82) is 0 Å². The van der Waals surface area contributed by atoms with Crippen molar-refractivity contribution in [1.82, 2.24) is 9.97 Å². The highest BCUT2D eigenvalue weighted by Crippen LogP contribution is 2.40. The molecule has 3 heteroatoms. The quantitative estimate of drug-likeness (QED) is 0.744. The Bertz CT molecular complexity index is 633. The maximum Gasteiger partial charge on any atom is 0.136 e. The summed E-state index contributed by atoms with van der Waals surface area (Å²) >= 11 is 6.29. The summed E-state index contributed by atoms with van der Waals surface area (Å²) in [7, 11) is 0. The van der Waals surface area contributed by atoms with Gasteiger partial charge in [-0.1, -0.05) is 43.1 Å². The fraction of sp³-hybridized carbons (Fsp3) is 0.412. The Hall–Kier alpha value is -1.41. The van der Waals surface area contributed by atoms with Crippen molar-refractivity contribution in [3.8, 4) is 11.3 Å². The first-order chi connectivity index (χ1) is 9.69. The molecule has 104 valence electrons. The average molecular weight is 287 g/mol. The lowest BCUT2D eigenvalue weighted by atomic mass is 10.0. The number of benzene rings is 1. The topological polar surface area (TPSA) is 25.8 Å². The summed E-state index contributed by atoms with van der Waals surface area (Å²) in [5, 5.41) is 0.595. The van der Waals surface area contributed by atoms with E-state index in [9.17, 15) is 0 Å². The van der Waals surface area contributed by atoms with Gasteiger partial charge in [-0.3, -0.25) is 0 Å². The standard InChI is InChI=1S/C17H19ClN2/c1-3-5-12-6-4-7-14(10-12)15-11(2)16(18)20-17(19-15)13-8-9-13/h4,6-7,10,13H,3,5,8-9H2,1-2H3. The molecule has 0 atom stereocenters. The van der Waals surface area contributed by atoms with Crippen LogP contribution in [0.15, 0.2) is 24.3 Å². The van der Waals surface area contributed by atoms with E-state index in [0.29, 0.717) is 11.1 Å². The molecule has 20 heavy (non-hydrogen) atoms. The van der Waals surface area contributed by atoms with E-state index in [1.54, 1.807) is 0 Å². The first-order valence-electron chi connectivity index (χ1n) is 7.32. The van der Waals surface area contributed by atoms with Gasteiger partial charge in [-0.25, -0.2) is 9.97 Å². The normalized spacial score (nSPS) is 14.6. The number of hydrogen-bond donors (Lipinski definition) is 0. The third-order valence-corrected chi connectivity index (χ3v) is 4.15. The van der Waals surface area contributed by atoms with Crippen LogP contribution >= 0.6 is 11.6 Å². The summed E-state index contributed by atoms with van der Waals surface area (Å²) < 4.78 is 0. The fourth-order valence-electron chi connectivity index (χ4n) is 2.47. The predicted octanol–water partition coefficient (Wildman–Crippen LogP) is 4.94. The number of aryl methyl sites for hydroxylation is 1. The second-order valence-electron chi connectivity index (χ2n) is 5.57. The summed E-state index contributed by atoms with van der Waals surface area (Å²) in [5.41, 5.74) is 4.47. The van der Waals surface area contributed by atoms with Crippen molar-refractivity contribution in [2.24, 2.45) is 0 Å². The number of rotatable bonds is 4. The smallest absolute Gasteiger partial charge is 0.136 e. The Morgan fingerprint density at radius 2 is 2.05 bits per heavy atom. The van der Waals surface area contributed by atoms with E-state index in [-0.39, 0.29) is 0 Å². The zero-order valence-electron chi connectivity index (χ0n) is 12.0. The molecule has 2 nitrogen and oxygen atoms in total. The average Bonchev–Trinajstić information content (AvgIpc) is 3.27. The molecule has 1 heterocycles. The predicted molar refractivity (Wildman–Crippen MR) is 83.2 cm³/mol. The van der Waals surface area contributed by atoms with Crippen molar-refractivity contribution in [3.63, 3.8) is 0 Å². The van der Waals surface area contributed by atoms with E-state index >= 15 is 0 Å². The molecule has 0 radical (unpaired) electrons. The van der Waals surface area contributed by atoms with Crippen LogP contribution in [-0.4, -0.2) is 9.97 Å². The minimum Gasteiger partial charge on any atom is -0.232 e. The molecule has 0 spiro atoms. The van der Waals surface area contributed by atoms with Crippen LogP contribution in [0.5, 0.6) is 0 Å². The second-order valence-corrected chi connectivity index (χ2v) is 5.93. The Balaban J connectivity index is 2.06. The monoisotopic (exact) mass is 286 g/mol. The van der Waals surface area contributed by atoms with E-state index in [1.165, 1.54) is 18.4 Å². The molecule has 1 saturated carbocycles. The number of nitrogens with zero attached hydrogens (tertiary/aromatic N) is 2. The molecule has 0 saturated heterocycles. The maximum atomic E-state index is 6.29. The molecule has 0 bridgehead atoms. The van der Waals surface area contributed by atoms with Crippen LogP contribution in [0.25, 0.3) is 11.3 Å². The largest absolute Gasteiger partial charge is 0.232 e. The highest BCUT2D eigenvalue weighted by atomic mass is 35.5. The van der Waals surface area contributed by atoms with Gasteiger partial charge >= 0.3 is 0 Å². The Kier molecular flexibility index (Phi) is 3.75. The molecule has 1 aliphatic carbocycles. The summed E-state index contributed by atoms with van der Waals surface area (Å²) in [4.78, 5) is 9.21. The van der Waals surface area contributed by atoms with E-state index in [4.69, 9.17) is 16.6 Å². The molecule has 1 aromatic carbocycles.